The molecule has 1 heterocycles. The van der Waals surface area contributed by atoms with Crippen LogP contribution in [0.5, 0.6) is 0 Å². The van der Waals surface area contributed by atoms with Crippen molar-refractivity contribution in [3.05, 3.63) is 40.9 Å². The third-order valence-corrected chi connectivity index (χ3v) is 3.66. The monoisotopic (exact) mass is 246 g/mol. The fraction of sp³-hybridized carbons (Fsp3) is 0.357. The molecule has 0 spiro atoms. The van der Waals surface area contributed by atoms with Crippen molar-refractivity contribution >= 4 is 11.3 Å². The van der Waals surface area contributed by atoms with Crippen LogP contribution in [0.15, 0.2) is 29.6 Å². The lowest BCUT2D eigenvalue weighted by molar-refractivity contribution is 0.539. The number of aryl methyl sites for hydroxylation is 1. The first kappa shape index (κ1) is 12.3. The van der Waals surface area contributed by atoms with Gasteiger partial charge in [0.05, 0.1) is 11.2 Å². The first-order valence-corrected chi connectivity index (χ1v) is 6.73. The summed E-state index contributed by atoms with van der Waals surface area (Å²) in [5, 5.41) is 3.09. The fourth-order valence-electron chi connectivity index (χ4n) is 1.59. The molecule has 0 aliphatic carbocycles. The Balaban J connectivity index is 2.30. The molecule has 0 aliphatic heterocycles. The van der Waals surface area contributed by atoms with Gasteiger partial charge in [-0.05, 0) is 25.8 Å². The summed E-state index contributed by atoms with van der Waals surface area (Å²) in [6.07, 6.45) is 1.07. The standard InChI is InChI=1S/C14H18N2S/c1-4-10-5-7-11(8-6-10)13-16-12(9-17-13)14(2,3)15/h5-9H,4,15H2,1-3H3. The van der Waals surface area contributed by atoms with E-state index >= 15 is 0 Å². The minimum atomic E-state index is -0.363. The van der Waals surface area contributed by atoms with Crippen molar-refractivity contribution < 1.29 is 0 Å². The van der Waals surface area contributed by atoms with Gasteiger partial charge in [0.1, 0.15) is 5.01 Å². The first-order chi connectivity index (χ1) is 8.00. The first-order valence-electron chi connectivity index (χ1n) is 5.85. The highest BCUT2D eigenvalue weighted by Gasteiger charge is 2.18. The van der Waals surface area contributed by atoms with Gasteiger partial charge in [0, 0.05) is 10.9 Å². The van der Waals surface area contributed by atoms with Crippen LogP contribution in [0.25, 0.3) is 10.6 Å². The number of thiazole rings is 1. The molecular weight excluding hydrogens is 228 g/mol. The van der Waals surface area contributed by atoms with Gasteiger partial charge < -0.3 is 5.73 Å². The van der Waals surface area contributed by atoms with Gasteiger partial charge in [-0.3, -0.25) is 0 Å². The predicted octanol–water partition coefficient (Wildman–Crippen LogP) is 3.57. The van der Waals surface area contributed by atoms with Gasteiger partial charge in [0.15, 0.2) is 0 Å². The zero-order valence-corrected chi connectivity index (χ0v) is 11.3. The lowest BCUT2D eigenvalue weighted by Crippen LogP contribution is -2.28. The molecule has 2 nitrogen and oxygen atoms in total. The summed E-state index contributed by atoms with van der Waals surface area (Å²) in [6, 6.07) is 8.57. The topological polar surface area (TPSA) is 38.9 Å². The van der Waals surface area contributed by atoms with Crippen LogP contribution >= 0.6 is 11.3 Å². The van der Waals surface area contributed by atoms with Gasteiger partial charge in [-0.25, -0.2) is 4.98 Å². The van der Waals surface area contributed by atoms with Gasteiger partial charge in [0.2, 0.25) is 0 Å². The summed E-state index contributed by atoms with van der Waals surface area (Å²) in [6.45, 7) is 6.12. The predicted molar refractivity (Wildman–Crippen MR) is 74.1 cm³/mol. The van der Waals surface area contributed by atoms with Crippen LogP contribution in [0.1, 0.15) is 32.0 Å². The molecule has 0 unspecified atom stereocenters. The Morgan fingerprint density at radius 2 is 1.88 bits per heavy atom. The summed E-state index contributed by atoms with van der Waals surface area (Å²) in [4.78, 5) is 4.60. The number of hydrogen-bond donors (Lipinski definition) is 1. The van der Waals surface area contributed by atoms with Crippen molar-refractivity contribution in [3.63, 3.8) is 0 Å². The van der Waals surface area contributed by atoms with E-state index in [-0.39, 0.29) is 5.54 Å². The molecule has 0 atom stereocenters. The van der Waals surface area contributed by atoms with Crippen molar-refractivity contribution in [2.75, 3.05) is 0 Å². The summed E-state index contributed by atoms with van der Waals surface area (Å²) in [5.74, 6) is 0. The summed E-state index contributed by atoms with van der Waals surface area (Å²) >= 11 is 1.65. The summed E-state index contributed by atoms with van der Waals surface area (Å²) in [5.41, 5.74) is 9.15. The van der Waals surface area contributed by atoms with Crippen molar-refractivity contribution in [2.24, 2.45) is 5.73 Å². The van der Waals surface area contributed by atoms with Crippen LogP contribution in [0.3, 0.4) is 0 Å². The van der Waals surface area contributed by atoms with E-state index in [0.29, 0.717) is 0 Å². The van der Waals surface area contributed by atoms with E-state index in [1.165, 1.54) is 11.1 Å². The third kappa shape index (κ3) is 2.73. The maximum atomic E-state index is 6.04. The second kappa shape index (κ2) is 4.59. The Morgan fingerprint density at radius 1 is 1.24 bits per heavy atom. The maximum Gasteiger partial charge on any atom is 0.123 e. The molecule has 0 radical (unpaired) electrons. The third-order valence-electron chi connectivity index (χ3n) is 2.77. The van der Waals surface area contributed by atoms with E-state index in [4.69, 9.17) is 5.73 Å². The molecule has 1 aromatic carbocycles. The van der Waals surface area contributed by atoms with Crippen LogP contribution in [-0.4, -0.2) is 4.98 Å². The highest BCUT2D eigenvalue weighted by atomic mass is 32.1. The Labute approximate surface area is 107 Å². The molecule has 3 heteroatoms. The quantitative estimate of drug-likeness (QED) is 0.899. The number of nitrogens with zero attached hydrogens (tertiary/aromatic N) is 1. The highest BCUT2D eigenvalue weighted by Crippen LogP contribution is 2.27. The molecule has 90 valence electrons. The zero-order chi connectivity index (χ0) is 12.5. The van der Waals surface area contributed by atoms with E-state index in [1.807, 2.05) is 19.2 Å². The van der Waals surface area contributed by atoms with E-state index in [2.05, 4.69) is 36.2 Å². The van der Waals surface area contributed by atoms with Crippen LogP contribution in [-0.2, 0) is 12.0 Å². The molecule has 0 saturated heterocycles. The van der Waals surface area contributed by atoms with E-state index in [0.717, 1.165) is 17.1 Å². The Bertz CT molecular complexity index is 492. The number of benzene rings is 1. The molecule has 17 heavy (non-hydrogen) atoms. The van der Waals surface area contributed by atoms with Gasteiger partial charge in [-0.15, -0.1) is 11.3 Å². The summed E-state index contributed by atoms with van der Waals surface area (Å²) < 4.78 is 0. The van der Waals surface area contributed by atoms with Crippen molar-refractivity contribution in [2.45, 2.75) is 32.7 Å². The Hall–Kier alpha value is -1.19. The largest absolute Gasteiger partial charge is 0.321 e. The lowest BCUT2D eigenvalue weighted by atomic mass is 10.0. The van der Waals surface area contributed by atoms with Crippen LogP contribution in [0, 0.1) is 0 Å². The maximum absolute atomic E-state index is 6.04. The van der Waals surface area contributed by atoms with Crippen molar-refractivity contribution in [3.8, 4) is 10.6 Å². The Morgan fingerprint density at radius 3 is 2.35 bits per heavy atom. The number of rotatable bonds is 3. The van der Waals surface area contributed by atoms with E-state index < -0.39 is 0 Å². The molecule has 0 bridgehead atoms. The highest BCUT2D eigenvalue weighted by molar-refractivity contribution is 7.13. The molecule has 0 aliphatic rings. The average molecular weight is 246 g/mol. The normalized spacial score (nSPS) is 11.8. The number of aromatic nitrogens is 1. The molecule has 0 fully saturated rings. The molecule has 2 N–H and O–H groups in total. The smallest absolute Gasteiger partial charge is 0.123 e. The molecule has 2 rings (SSSR count). The SMILES string of the molecule is CCc1ccc(-c2nc(C(C)(C)N)cs2)cc1. The second-order valence-electron chi connectivity index (χ2n) is 4.81. The van der Waals surface area contributed by atoms with Crippen LogP contribution < -0.4 is 5.73 Å². The fourth-order valence-corrected chi connectivity index (χ4v) is 2.59. The van der Waals surface area contributed by atoms with Gasteiger partial charge >= 0.3 is 0 Å². The molecule has 1 aromatic heterocycles. The van der Waals surface area contributed by atoms with Gasteiger partial charge in [0.25, 0.3) is 0 Å². The summed E-state index contributed by atoms with van der Waals surface area (Å²) in [7, 11) is 0. The van der Waals surface area contributed by atoms with Gasteiger partial charge in [-0.2, -0.15) is 0 Å². The minimum Gasteiger partial charge on any atom is -0.321 e. The van der Waals surface area contributed by atoms with Crippen molar-refractivity contribution in [1.29, 1.82) is 0 Å². The molecular formula is C14H18N2S. The molecule has 0 saturated carbocycles. The van der Waals surface area contributed by atoms with Crippen molar-refractivity contribution in [1.82, 2.24) is 4.98 Å². The Kier molecular flexibility index (Phi) is 3.31. The number of nitrogens with two attached hydrogens (primary N) is 1. The van der Waals surface area contributed by atoms with E-state index in [9.17, 15) is 0 Å². The lowest BCUT2D eigenvalue weighted by Gasteiger charge is -2.14. The minimum absolute atomic E-state index is 0.363. The molecule has 2 aromatic rings. The average Bonchev–Trinajstić information content (AvgIpc) is 2.78. The number of hydrogen-bond acceptors (Lipinski definition) is 3. The second-order valence-corrected chi connectivity index (χ2v) is 5.67. The molecule has 0 amide bonds. The van der Waals surface area contributed by atoms with E-state index in [1.54, 1.807) is 11.3 Å². The van der Waals surface area contributed by atoms with Gasteiger partial charge in [-0.1, -0.05) is 31.2 Å². The van der Waals surface area contributed by atoms with Crippen LogP contribution in [0.4, 0.5) is 0 Å². The van der Waals surface area contributed by atoms with Crippen LogP contribution in [0.2, 0.25) is 0 Å². The zero-order valence-electron chi connectivity index (χ0n) is 10.5.